The van der Waals surface area contributed by atoms with Crippen LogP contribution in [-0.2, 0) is 14.8 Å². The maximum atomic E-state index is 13.2. The molecule has 182 valence electrons. The van der Waals surface area contributed by atoms with E-state index in [9.17, 15) is 18.0 Å². The number of nitrogens with one attached hydrogen (secondary N) is 2. The van der Waals surface area contributed by atoms with Crippen molar-refractivity contribution >= 4 is 33.2 Å². The standard InChI is InChI=1S/C26H27N3O5S/c1-18(19-10-4-3-5-11-19)27-25(30)20-12-6-7-13-21(20)28-26(31)24-16-17-29(35(2,32)33)22-14-8-9-15-23(22)34-24/h3-15,18,24H,16-17H2,1-2H3,(H,27,30)(H,28,31)/t18-,24+/m1/s1. The summed E-state index contributed by atoms with van der Waals surface area (Å²) in [6, 6.07) is 22.8. The molecular weight excluding hydrogens is 466 g/mol. The lowest BCUT2D eigenvalue weighted by Gasteiger charge is -2.20. The van der Waals surface area contributed by atoms with E-state index in [-0.39, 0.29) is 24.9 Å². The number of fused-ring (bicyclic) bond motifs is 1. The van der Waals surface area contributed by atoms with Gasteiger partial charge >= 0.3 is 0 Å². The van der Waals surface area contributed by atoms with E-state index in [1.807, 2.05) is 37.3 Å². The van der Waals surface area contributed by atoms with Crippen molar-refractivity contribution in [2.24, 2.45) is 0 Å². The maximum absolute atomic E-state index is 13.2. The van der Waals surface area contributed by atoms with Crippen LogP contribution in [0.4, 0.5) is 11.4 Å². The summed E-state index contributed by atoms with van der Waals surface area (Å²) in [7, 11) is -3.55. The number of para-hydroxylation sites is 3. The zero-order valence-corrected chi connectivity index (χ0v) is 20.3. The number of sulfonamides is 1. The quantitative estimate of drug-likeness (QED) is 0.544. The van der Waals surface area contributed by atoms with E-state index in [0.29, 0.717) is 22.7 Å². The molecule has 3 aromatic rings. The van der Waals surface area contributed by atoms with Gasteiger partial charge in [0.2, 0.25) is 10.0 Å². The summed E-state index contributed by atoms with van der Waals surface area (Å²) in [6.45, 7) is 1.98. The summed E-state index contributed by atoms with van der Waals surface area (Å²) in [5.74, 6) is -0.488. The minimum Gasteiger partial charge on any atom is -0.478 e. The number of carbonyl (C=O) groups is 2. The van der Waals surface area contributed by atoms with Gasteiger partial charge in [0, 0.05) is 13.0 Å². The second-order valence-electron chi connectivity index (χ2n) is 8.34. The first kappa shape index (κ1) is 24.3. The zero-order chi connectivity index (χ0) is 25.0. The Morgan fingerprint density at radius 3 is 2.37 bits per heavy atom. The molecule has 0 aromatic heterocycles. The Balaban J connectivity index is 1.52. The van der Waals surface area contributed by atoms with Gasteiger partial charge in [-0.3, -0.25) is 13.9 Å². The van der Waals surface area contributed by atoms with Gasteiger partial charge in [0.15, 0.2) is 6.10 Å². The summed E-state index contributed by atoms with van der Waals surface area (Å²) in [4.78, 5) is 26.2. The van der Waals surface area contributed by atoms with E-state index in [1.165, 1.54) is 4.31 Å². The van der Waals surface area contributed by atoms with Crippen molar-refractivity contribution in [2.75, 3.05) is 22.4 Å². The first-order valence-electron chi connectivity index (χ1n) is 11.2. The molecule has 2 amide bonds. The molecule has 0 aliphatic carbocycles. The highest BCUT2D eigenvalue weighted by Crippen LogP contribution is 2.34. The van der Waals surface area contributed by atoms with Gasteiger partial charge in [0.05, 0.1) is 29.2 Å². The van der Waals surface area contributed by atoms with Gasteiger partial charge in [0.25, 0.3) is 11.8 Å². The first-order chi connectivity index (χ1) is 16.7. The molecule has 0 spiro atoms. The third-order valence-electron chi connectivity index (χ3n) is 5.77. The topological polar surface area (TPSA) is 105 Å². The molecule has 1 aliphatic rings. The van der Waals surface area contributed by atoms with Crippen LogP contribution in [0.2, 0.25) is 0 Å². The van der Waals surface area contributed by atoms with Crippen LogP contribution in [0.15, 0.2) is 78.9 Å². The number of hydrogen-bond acceptors (Lipinski definition) is 5. The average Bonchev–Trinajstić information content (AvgIpc) is 3.05. The highest BCUT2D eigenvalue weighted by Gasteiger charge is 2.31. The van der Waals surface area contributed by atoms with Gasteiger partial charge in [-0.05, 0) is 36.8 Å². The summed E-state index contributed by atoms with van der Waals surface area (Å²) >= 11 is 0. The highest BCUT2D eigenvalue weighted by atomic mass is 32.2. The number of nitrogens with zero attached hydrogens (tertiary/aromatic N) is 1. The summed E-state index contributed by atoms with van der Waals surface area (Å²) < 4.78 is 31.8. The van der Waals surface area contributed by atoms with Crippen molar-refractivity contribution in [1.29, 1.82) is 0 Å². The summed E-state index contributed by atoms with van der Waals surface area (Å²) in [6.07, 6.45) is 0.324. The van der Waals surface area contributed by atoms with Crippen molar-refractivity contribution in [3.63, 3.8) is 0 Å². The van der Waals surface area contributed by atoms with E-state index in [2.05, 4.69) is 10.6 Å². The van der Waals surface area contributed by atoms with Crippen molar-refractivity contribution in [1.82, 2.24) is 5.32 Å². The molecular formula is C26H27N3O5S. The van der Waals surface area contributed by atoms with Crippen LogP contribution in [0.5, 0.6) is 5.75 Å². The monoisotopic (exact) mass is 493 g/mol. The fourth-order valence-electron chi connectivity index (χ4n) is 3.96. The fraction of sp³-hybridized carbons (Fsp3) is 0.231. The Morgan fingerprint density at radius 2 is 1.63 bits per heavy atom. The lowest BCUT2D eigenvalue weighted by molar-refractivity contribution is -0.122. The molecule has 0 fully saturated rings. The molecule has 1 aliphatic heterocycles. The predicted octanol–water partition coefficient (Wildman–Crippen LogP) is 3.73. The highest BCUT2D eigenvalue weighted by molar-refractivity contribution is 7.92. The van der Waals surface area contributed by atoms with E-state index in [0.717, 1.165) is 11.8 Å². The minimum absolute atomic E-state index is 0.0880. The Morgan fingerprint density at radius 1 is 0.971 bits per heavy atom. The molecule has 0 radical (unpaired) electrons. The third kappa shape index (κ3) is 5.63. The Hall–Kier alpha value is -3.85. The van der Waals surface area contributed by atoms with Crippen LogP contribution in [0.1, 0.15) is 35.3 Å². The van der Waals surface area contributed by atoms with Crippen LogP contribution < -0.4 is 19.7 Å². The second-order valence-corrected chi connectivity index (χ2v) is 10.2. The van der Waals surface area contributed by atoms with E-state index >= 15 is 0 Å². The molecule has 2 atom stereocenters. The van der Waals surface area contributed by atoms with Crippen LogP contribution in [0.25, 0.3) is 0 Å². The van der Waals surface area contributed by atoms with Crippen LogP contribution in [0, 0.1) is 0 Å². The second kappa shape index (κ2) is 10.2. The third-order valence-corrected chi connectivity index (χ3v) is 6.95. The molecule has 8 nitrogen and oxygen atoms in total. The molecule has 0 bridgehead atoms. The molecule has 2 N–H and O–H groups in total. The van der Waals surface area contributed by atoms with Crippen molar-refractivity contribution < 1.29 is 22.7 Å². The molecule has 0 unspecified atom stereocenters. The van der Waals surface area contributed by atoms with Crippen LogP contribution >= 0.6 is 0 Å². The van der Waals surface area contributed by atoms with Crippen LogP contribution in [0.3, 0.4) is 0 Å². The molecule has 1 heterocycles. The number of ether oxygens (including phenoxy) is 1. The van der Waals surface area contributed by atoms with Crippen molar-refractivity contribution in [3.05, 3.63) is 90.0 Å². The lowest BCUT2D eigenvalue weighted by atomic mass is 10.1. The lowest BCUT2D eigenvalue weighted by Crippen LogP contribution is -2.36. The largest absolute Gasteiger partial charge is 0.478 e. The van der Waals surface area contributed by atoms with E-state index in [1.54, 1.807) is 48.5 Å². The molecule has 0 saturated carbocycles. The zero-order valence-electron chi connectivity index (χ0n) is 19.5. The molecule has 3 aromatic carbocycles. The van der Waals surface area contributed by atoms with Crippen molar-refractivity contribution in [2.45, 2.75) is 25.5 Å². The van der Waals surface area contributed by atoms with Crippen molar-refractivity contribution in [3.8, 4) is 5.75 Å². The van der Waals surface area contributed by atoms with Gasteiger partial charge < -0.3 is 15.4 Å². The minimum atomic E-state index is -3.55. The fourth-order valence-corrected chi connectivity index (χ4v) is 4.91. The van der Waals surface area contributed by atoms with Gasteiger partial charge in [-0.1, -0.05) is 54.6 Å². The first-order valence-corrected chi connectivity index (χ1v) is 13.1. The number of hydrogen-bond donors (Lipinski definition) is 2. The van der Waals surface area contributed by atoms with Gasteiger partial charge in [-0.2, -0.15) is 0 Å². The summed E-state index contributed by atoms with van der Waals surface area (Å²) in [5.41, 5.74) is 2.01. The van der Waals surface area contributed by atoms with Crippen LogP contribution in [-0.4, -0.2) is 39.1 Å². The van der Waals surface area contributed by atoms with Gasteiger partial charge in [-0.15, -0.1) is 0 Å². The number of anilines is 2. The average molecular weight is 494 g/mol. The Kier molecular flexibility index (Phi) is 7.07. The van der Waals surface area contributed by atoms with Gasteiger partial charge in [-0.25, -0.2) is 8.42 Å². The predicted molar refractivity (Wildman–Crippen MR) is 135 cm³/mol. The Labute approximate surface area is 205 Å². The maximum Gasteiger partial charge on any atom is 0.265 e. The van der Waals surface area contributed by atoms with E-state index in [4.69, 9.17) is 4.74 Å². The number of rotatable bonds is 6. The number of benzene rings is 3. The number of amides is 2. The Bertz CT molecular complexity index is 1330. The molecule has 0 saturated heterocycles. The molecule has 4 rings (SSSR count). The smallest absolute Gasteiger partial charge is 0.265 e. The number of carbonyl (C=O) groups excluding carboxylic acids is 2. The van der Waals surface area contributed by atoms with E-state index < -0.39 is 22.0 Å². The molecule has 35 heavy (non-hydrogen) atoms. The van der Waals surface area contributed by atoms with Gasteiger partial charge in [0.1, 0.15) is 5.75 Å². The molecule has 9 heteroatoms. The SMILES string of the molecule is C[C@@H](NC(=O)c1ccccc1NC(=O)[C@@H]1CCN(S(C)(=O)=O)c2ccccc2O1)c1ccccc1. The summed E-state index contributed by atoms with van der Waals surface area (Å²) in [5, 5.41) is 5.75. The normalized spacial score (nSPS) is 16.3.